The van der Waals surface area contributed by atoms with Gasteiger partial charge in [0.2, 0.25) is 0 Å². The topological polar surface area (TPSA) is 54.9 Å². The number of fused-ring (bicyclic) bond motifs is 1. The van der Waals surface area contributed by atoms with Crippen LogP contribution in [-0.2, 0) is 0 Å². The predicted molar refractivity (Wildman–Crippen MR) is 93.7 cm³/mol. The molecule has 0 fully saturated rings. The number of carbonyl (C=O) groups excluding carboxylic acids is 1. The van der Waals surface area contributed by atoms with Crippen LogP contribution in [0.15, 0.2) is 28.7 Å². The molecule has 0 saturated heterocycles. The van der Waals surface area contributed by atoms with Crippen LogP contribution < -0.4 is 5.32 Å². The molecule has 0 radical (unpaired) electrons. The summed E-state index contributed by atoms with van der Waals surface area (Å²) in [5, 5.41) is 3.91. The van der Waals surface area contributed by atoms with E-state index >= 15 is 0 Å². The highest BCUT2D eigenvalue weighted by atomic mass is 79.9. The summed E-state index contributed by atoms with van der Waals surface area (Å²) in [6.07, 6.45) is 0. The van der Waals surface area contributed by atoms with Crippen LogP contribution in [-0.4, -0.2) is 15.9 Å². The highest BCUT2D eigenvalue weighted by Crippen LogP contribution is 2.31. The third-order valence-electron chi connectivity index (χ3n) is 3.39. The molecule has 0 aliphatic rings. The van der Waals surface area contributed by atoms with E-state index in [-0.39, 0.29) is 5.91 Å². The van der Waals surface area contributed by atoms with Crippen LogP contribution in [0.5, 0.6) is 0 Å². The molecule has 4 nitrogen and oxygen atoms in total. The Labute approximate surface area is 140 Å². The smallest absolute Gasteiger partial charge is 0.266 e. The van der Waals surface area contributed by atoms with Crippen LogP contribution >= 0.6 is 27.3 Å². The van der Waals surface area contributed by atoms with Gasteiger partial charge in [-0.25, -0.2) is 9.97 Å². The van der Waals surface area contributed by atoms with Crippen molar-refractivity contribution >= 4 is 49.1 Å². The average Bonchev–Trinajstić information content (AvgIpc) is 2.78. The Morgan fingerprint density at radius 3 is 2.50 bits per heavy atom. The first-order valence-corrected chi connectivity index (χ1v) is 8.38. The summed E-state index contributed by atoms with van der Waals surface area (Å²) in [6, 6.07) is 7.51. The minimum Gasteiger partial charge on any atom is -0.321 e. The summed E-state index contributed by atoms with van der Waals surface area (Å²) in [7, 11) is 0. The molecule has 0 bridgehead atoms. The molecule has 1 N–H and O–H groups in total. The van der Waals surface area contributed by atoms with Gasteiger partial charge in [0.1, 0.15) is 10.7 Å². The fourth-order valence-electron chi connectivity index (χ4n) is 2.41. The molecule has 2 heterocycles. The number of anilines is 1. The number of aryl methyl sites for hydroxylation is 3. The minimum absolute atomic E-state index is 0.111. The Bertz CT molecular complexity index is 871. The van der Waals surface area contributed by atoms with Gasteiger partial charge >= 0.3 is 0 Å². The molecule has 112 valence electrons. The quantitative estimate of drug-likeness (QED) is 0.710. The largest absolute Gasteiger partial charge is 0.321 e. The monoisotopic (exact) mass is 375 g/mol. The summed E-state index contributed by atoms with van der Waals surface area (Å²) in [6.45, 7) is 5.76. The fourth-order valence-corrected chi connectivity index (χ4v) is 3.85. The van der Waals surface area contributed by atoms with Crippen molar-refractivity contribution in [2.45, 2.75) is 20.8 Å². The van der Waals surface area contributed by atoms with Crippen LogP contribution in [0, 0.1) is 20.8 Å². The van der Waals surface area contributed by atoms with Crippen LogP contribution in [0.3, 0.4) is 0 Å². The molecule has 1 aromatic carbocycles. The van der Waals surface area contributed by atoms with E-state index < -0.39 is 0 Å². The third kappa shape index (κ3) is 2.76. The van der Waals surface area contributed by atoms with E-state index in [4.69, 9.17) is 0 Å². The van der Waals surface area contributed by atoms with Crippen molar-refractivity contribution in [2.75, 3.05) is 5.32 Å². The van der Waals surface area contributed by atoms with Crippen molar-refractivity contribution < 1.29 is 4.79 Å². The summed E-state index contributed by atoms with van der Waals surface area (Å²) in [5.41, 5.74) is 2.62. The number of aromatic nitrogens is 2. The first-order valence-electron chi connectivity index (χ1n) is 6.77. The Morgan fingerprint density at radius 2 is 1.82 bits per heavy atom. The molecule has 1 amide bonds. The van der Waals surface area contributed by atoms with Crippen molar-refractivity contribution in [2.24, 2.45) is 0 Å². The van der Waals surface area contributed by atoms with E-state index in [1.807, 2.05) is 45.0 Å². The van der Waals surface area contributed by atoms with Gasteiger partial charge in [0.15, 0.2) is 0 Å². The summed E-state index contributed by atoms with van der Waals surface area (Å²) < 4.78 is 0.977. The molecule has 0 aliphatic heterocycles. The van der Waals surface area contributed by atoms with Gasteiger partial charge in [-0.15, -0.1) is 11.3 Å². The first-order chi connectivity index (χ1) is 10.5. The van der Waals surface area contributed by atoms with E-state index in [0.29, 0.717) is 4.88 Å². The molecule has 3 aromatic rings. The van der Waals surface area contributed by atoms with E-state index in [0.717, 1.165) is 37.5 Å². The molecule has 6 heteroatoms. The maximum absolute atomic E-state index is 12.5. The second-order valence-corrected chi connectivity index (χ2v) is 6.97. The maximum Gasteiger partial charge on any atom is 0.266 e. The predicted octanol–water partition coefficient (Wildman–Crippen LogP) is 4.63. The number of hydrogen-bond acceptors (Lipinski definition) is 4. The van der Waals surface area contributed by atoms with Gasteiger partial charge in [-0.1, -0.05) is 15.9 Å². The van der Waals surface area contributed by atoms with Crippen molar-refractivity contribution in [3.05, 3.63) is 50.7 Å². The number of nitrogens with one attached hydrogen (secondary N) is 1. The van der Waals surface area contributed by atoms with Gasteiger partial charge in [-0.3, -0.25) is 4.79 Å². The molecular weight excluding hydrogens is 362 g/mol. The zero-order valence-corrected chi connectivity index (χ0v) is 14.8. The van der Waals surface area contributed by atoms with E-state index in [1.54, 1.807) is 0 Å². The van der Waals surface area contributed by atoms with Crippen molar-refractivity contribution in [3.8, 4) is 0 Å². The normalized spacial score (nSPS) is 10.9. The number of halogens is 1. The van der Waals surface area contributed by atoms with Crippen LogP contribution in [0.25, 0.3) is 10.2 Å². The second kappa shape index (κ2) is 5.78. The zero-order valence-electron chi connectivity index (χ0n) is 12.4. The number of hydrogen-bond donors (Lipinski definition) is 1. The highest BCUT2D eigenvalue weighted by Gasteiger charge is 2.18. The molecule has 3 rings (SSSR count). The van der Waals surface area contributed by atoms with Gasteiger partial charge in [-0.2, -0.15) is 0 Å². The van der Waals surface area contributed by atoms with Gasteiger partial charge in [-0.05, 0) is 50.6 Å². The number of nitrogens with zero attached hydrogens (tertiary/aromatic N) is 2. The molecule has 2 aromatic heterocycles. The number of carbonyl (C=O) groups is 1. The van der Waals surface area contributed by atoms with E-state index in [9.17, 15) is 4.79 Å². The lowest BCUT2D eigenvalue weighted by Gasteiger charge is -2.04. The molecule has 0 saturated carbocycles. The third-order valence-corrected chi connectivity index (χ3v) is 5.10. The summed E-state index contributed by atoms with van der Waals surface area (Å²) >= 11 is 4.79. The number of benzene rings is 1. The molecule has 0 aliphatic carbocycles. The molecule has 0 unspecified atom stereocenters. The molecule has 0 atom stereocenters. The van der Waals surface area contributed by atoms with Crippen molar-refractivity contribution in [1.82, 2.24) is 9.97 Å². The van der Waals surface area contributed by atoms with E-state index in [1.165, 1.54) is 11.3 Å². The summed E-state index contributed by atoms with van der Waals surface area (Å²) in [5.74, 6) is 0.617. The lowest BCUT2D eigenvalue weighted by molar-refractivity contribution is 0.103. The zero-order chi connectivity index (χ0) is 15.9. The van der Waals surface area contributed by atoms with Crippen LogP contribution in [0.2, 0.25) is 0 Å². The lowest BCUT2D eigenvalue weighted by Crippen LogP contribution is -2.11. The Hall–Kier alpha value is -1.79. The van der Waals surface area contributed by atoms with Gasteiger partial charge in [0.05, 0.1) is 4.88 Å². The maximum atomic E-state index is 12.5. The highest BCUT2D eigenvalue weighted by molar-refractivity contribution is 9.10. The molecular formula is C16H14BrN3OS. The van der Waals surface area contributed by atoms with Gasteiger partial charge in [0.25, 0.3) is 5.91 Å². The van der Waals surface area contributed by atoms with Crippen LogP contribution in [0.1, 0.15) is 26.8 Å². The van der Waals surface area contributed by atoms with Crippen molar-refractivity contribution in [3.63, 3.8) is 0 Å². The number of thiophene rings is 1. The van der Waals surface area contributed by atoms with Gasteiger partial charge < -0.3 is 5.32 Å². The lowest BCUT2D eigenvalue weighted by atomic mass is 10.1. The number of amides is 1. The molecule has 0 spiro atoms. The van der Waals surface area contributed by atoms with E-state index in [2.05, 4.69) is 31.2 Å². The fraction of sp³-hybridized carbons (Fsp3) is 0.188. The van der Waals surface area contributed by atoms with Crippen LogP contribution in [0.4, 0.5) is 5.69 Å². The van der Waals surface area contributed by atoms with Crippen molar-refractivity contribution in [1.29, 1.82) is 0 Å². The second-order valence-electron chi connectivity index (χ2n) is 5.05. The first kappa shape index (κ1) is 15.1. The minimum atomic E-state index is -0.111. The number of rotatable bonds is 2. The Kier molecular flexibility index (Phi) is 3.97. The molecule has 22 heavy (non-hydrogen) atoms. The summed E-state index contributed by atoms with van der Waals surface area (Å²) in [4.78, 5) is 22.9. The Balaban J connectivity index is 1.99. The standard InChI is InChI=1S/C16H14BrN3OS/c1-8-13-9(2)18-10(3)19-16(13)22-14(8)15(21)20-12-6-4-11(17)5-7-12/h4-7H,1-3H3,(H,20,21). The average molecular weight is 376 g/mol. The van der Waals surface area contributed by atoms with Gasteiger partial charge in [0, 0.05) is 21.2 Å². The Morgan fingerprint density at radius 1 is 1.14 bits per heavy atom. The SMILES string of the molecule is Cc1nc(C)c2c(C)c(C(=O)Nc3ccc(Br)cc3)sc2n1.